The third-order valence-electron chi connectivity index (χ3n) is 3.75. The standard InChI is InChI=1S/C16H16N6OS2/c1-8-5-9(2)22-15(18-8)20-21-16(22)24-7-13(23)19-14-12(6-17)10(3)11(4)25-14/h5H,7H2,1-4H3,(H,19,23). The number of amides is 1. The largest absolute Gasteiger partial charge is 0.316 e. The van der Waals surface area contributed by atoms with Gasteiger partial charge in [-0.25, -0.2) is 4.98 Å². The first-order valence-corrected chi connectivity index (χ1v) is 9.33. The van der Waals surface area contributed by atoms with E-state index in [1.54, 1.807) is 0 Å². The van der Waals surface area contributed by atoms with Crippen molar-refractivity contribution in [3.05, 3.63) is 33.5 Å². The fraction of sp³-hybridized carbons (Fsp3) is 0.312. The Morgan fingerprint density at radius 3 is 2.84 bits per heavy atom. The van der Waals surface area contributed by atoms with Crippen molar-refractivity contribution in [1.82, 2.24) is 19.6 Å². The molecule has 0 aliphatic carbocycles. The normalized spacial score (nSPS) is 10.8. The van der Waals surface area contributed by atoms with Crippen molar-refractivity contribution in [2.24, 2.45) is 0 Å². The van der Waals surface area contributed by atoms with Crippen molar-refractivity contribution < 1.29 is 4.79 Å². The van der Waals surface area contributed by atoms with Crippen LogP contribution in [-0.4, -0.2) is 31.2 Å². The maximum absolute atomic E-state index is 12.3. The number of carbonyl (C=O) groups is 1. The summed E-state index contributed by atoms with van der Waals surface area (Å²) in [6.45, 7) is 7.67. The van der Waals surface area contributed by atoms with E-state index in [9.17, 15) is 10.1 Å². The average molecular weight is 372 g/mol. The molecule has 3 rings (SSSR count). The predicted octanol–water partition coefficient (Wildman–Crippen LogP) is 3.02. The highest BCUT2D eigenvalue weighted by atomic mass is 32.2. The second-order valence-electron chi connectivity index (χ2n) is 5.59. The van der Waals surface area contributed by atoms with Gasteiger partial charge < -0.3 is 5.32 Å². The van der Waals surface area contributed by atoms with E-state index in [0.717, 1.165) is 21.8 Å². The van der Waals surface area contributed by atoms with Gasteiger partial charge in [0.1, 0.15) is 11.1 Å². The monoisotopic (exact) mass is 372 g/mol. The van der Waals surface area contributed by atoms with Crippen LogP contribution in [0.1, 0.15) is 27.4 Å². The Hall–Kier alpha value is -2.44. The highest BCUT2D eigenvalue weighted by Crippen LogP contribution is 2.31. The molecule has 0 spiro atoms. The van der Waals surface area contributed by atoms with E-state index in [1.165, 1.54) is 23.1 Å². The van der Waals surface area contributed by atoms with E-state index in [4.69, 9.17) is 0 Å². The van der Waals surface area contributed by atoms with E-state index in [0.29, 0.717) is 21.5 Å². The van der Waals surface area contributed by atoms with Crippen LogP contribution in [0, 0.1) is 39.0 Å². The van der Waals surface area contributed by atoms with Gasteiger partial charge >= 0.3 is 0 Å². The van der Waals surface area contributed by atoms with Gasteiger partial charge in [0.2, 0.25) is 5.91 Å². The van der Waals surface area contributed by atoms with Crippen LogP contribution in [0.15, 0.2) is 11.2 Å². The third kappa shape index (κ3) is 3.36. The molecule has 0 aliphatic heterocycles. The third-order valence-corrected chi connectivity index (χ3v) is 5.80. The Morgan fingerprint density at radius 1 is 1.36 bits per heavy atom. The molecule has 0 atom stereocenters. The molecule has 0 radical (unpaired) electrons. The number of aromatic nitrogens is 4. The van der Waals surface area contributed by atoms with E-state index in [-0.39, 0.29) is 11.7 Å². The van der Waals surface area contributed by atoms with Gasteiger partial charge in [0.05, 0.1) is 11.3 Å². The number of hydrogen-bond donors (Lipinski definition) is 1. The maximum atomic E-state index is 12.3. The second-order valence-corrected chi connectivity index (χ2v) is 7.76. The van der Waals surface area contributed by atoms with E-state index >= 15 is 0 Å². The molecule has 9 heteroatoms. The minimum atomic E-state index is -0.183. The molecule has 0 aromatic carbocycles. The van der Waals surface area contributed by atoms with Crippen molar-refractivity contribution in [3.8, 4) is 6.07 Å². The average Bonchev–Trinajstić information content (AvgIpc) is 3.07. The van der Waals surface area contributed by atoms with Crippen LogP contribution in [-0.2, 0) is 4.79 Å². The lowest BCUT2D eigenvalue weighted by Gasteiger charge is -2.05. The van der Waals surface area contributed by atoms with Crippen molar-refractivity contribution in [2.45, 2.75) is 32.9 Å². The number of nitrogens with one attached hydrogen (secondary N) is 1. The quantitative estimate of drug-likeness (QED) is 0.707. The molecule has 25 heavy (non-hydrogen) atoms. The van der Waals surface area contributed by atoms with Gasteiger partial charge in [-0.3, -0.25) is 9.20 Å². The Bertz CT molecular complexity index is 1010. The molecular weight excluding hydrogens is 356 g/mol. The number of thiophene rings is 1. The molecule has 1 N–H and O–H groups in total. The summed E-state index contributed by atoms with van der Waals surface area (Å²) in [7, 11) is 0. The van der Waals surface area contributed by atoms with Gasteiger partial charge in [-0.2, -0.15) is 5.26 Å². The zero-order valence-corrected chi connectivity index (χ0v) is 15.9. The van der Waals surface area contributed by atoms with Crippen molar-refractivity contribution >= 4 is 39.8 Å². The summed E-state index contributed by atoms with van der Waals surface area (Å²) in [5.74, 6) is 0.517. The Labute approximate surface area is 153 Å². The fourth-order valence-electron chi connectivity index (χ4n) is 2.44. The molecule has 0 saturated carbocycles. The summed E-state index contributed by atoms with van der Waals surface area (Å²) in [5, 5.41) is 21.5. The van der Waals surface area contributed by atoms with Gasteiger partial charge in [-0.15, -0.1) is 21.5 Å². The van der Waals surface area contributed by atoms with Crippen LogP contribution in [0.25, 0.3) is 5.78 Å². The fourth-order valence-corrected chi connectivity index (χ4v) is 4.25. The van der Waals surface area contributed by atoms with E-state index in [2.05, 4.69) is 26.6 Å². The number of nitrogens with zero attached hydrogens (tertiary/aromatic N) is 5. The molecular formula is C16H16N6OS2. The number of aryl methyl sites for hydroxylation is 3. The molecule has 0 saturated heterocycles. The number of fused-ring (bicyclic) bond motifs is 1. The number of anilines is 1. The van der Waals surface area contributed by atoms with Crippen LogP contribution in [0.3, 0.4) is 0 Å². The molecule has 3 aromatic heterocycles. The maximum Gasteiger partial charge on any atom is 0.256 e. The number of thioether (sulfide) groups is 1. The van der Waals surface area contributed by atoms with E-state index < -0.39 is 0 Å². The summed E-state index contributed by atoms with van der Waals surface area (Å²) >= 11 is 2.70. The molecule has 3 heterocycles. The molecule has 0 aliphatic rings. The van der Waals surface area contributed by atoms with Crippen LogP contribution in [0.4, 0.5) is 5.00 Å². The van der Waals surface area contributed by atoms with Crippen molar-refractivity contribution in [2.75, 3.05) is 11.1 Å². The van der Waals surface area contributed by atoms with Gasteiger partial charge in [-0.05, 0) is 39.3 Å². The number of carbonyl (C=O) groups excluding carboxylic acids is 1. The highest BCUT2D eigenvalue weighted by molar-refractivity contribution is 7.99. The molecule has 128 valence electrons. The minimum absolute atomic E-state index is 0.176. The van der Waals surface area contributed by atoms with E-state index in [1.807, 2.05) is 38.2 Å². The van der Waals surface area contributed by atoms with Gasteiger partial charge in [0.25, 0.3) is 5.78 Å². The molecule has 1 amide bonds. The SMILES string of the molecule is Cc1cc(C)n2c(SCC(=O)Nc3sc(C)c(C)c3C#N)nnc2n1. The second kappa shape index (κ2) is 6.82. The molecule has 3 aromatic rings. The predicted molar refractivity (Wildman–Crippen MR) is 98.1 cm³/mol. The summed E-state index contributed by atoms with van der Waals surface area (Å²) in [4.78, 5) is 17.6. The molecule has 7 nitrogen and oxygen atoms in total. The minimum Gasteiger partial charge on any atom is -0.316 e. The summed E-state index contributed by atoms with van der Waals surface area (Å²) in [5.41, 5.74) is 3.28. The smallest absolute Gasteiger partial charge is 0.256 e. The summed E-state index contributed by atoms with van der Waals surface area (Å²) in [6, 6.07) is 4.09. The van der Waals surface area contributed by atoms with Crippen molar-refractivity contribution in [3.63, 3.8) is 0 Å². The first-order valence-electron chi connectivity index (χ1n) is 7.52. The Balaban J connectivity index is 1.74. The lowest BCUT2D eigenvalue weighted by molar-refractivity contribution is -0.113. The summed E-state index contributed by atoms with van der Waals surface area (Å²) < 4.78 is 1.82. The van der Waals surface area contributed by atoms with Gasteiger partial charge in [0, 0.05) is 16.3 Å². The first kappa shape index (κ1) is 17.4. The Morgan fingerprint density at radius 2 is 2.12 bits per heavy atom. The number of hydrogen-bond acceptors (Lipinski definition) is 7. The summed E-state index contributed by atoms with van der Waals surface area (Å²) in [6.07, 6.45) is 0. The number of nitriles is 1. The van der Waals surface area contributed by atoms with Crippen LogP contribution in [0.5, 0.6) is 0 Å². The topological polar surface area (TPSA) is 96.0 Å². The van der Waals surface area contributed by atoms with Gasteiger partial charge in [-0.1, -0.05) is 11.8 Å². The first-order chi connectivity index (χ1) is 11.9. The van der Waals surface area contributed by atoms with Gasteiger partial charge in [0.15, 0.2) is 5.16 Å². The zero-order chi connectivity index (χ0) is 18.1. The zero-order valence-electron chi connectivity index (χ0n) is 14.2. The van der Waals surface area contributed by atoms with Crippen molar-refractivity contribution in [1.29, 1.82) is 5.26 Å². The lowest BCUT2D eigenvalue weighted by atomic mass is 10.2. The molecule has 0 bridgehead atoms. The Kier molecular flexibility index (Phi) is 4.74. The molecule has 0 fully saturated rings. The molecule has 0 unspecified atom stereocenters. The van der Waals surface area contributed by atoms with Crippen LogP contribution in [0.2, 0.25) is 0 Å². The number of rotatable bonds is 4. The highest BCUT2D eigenvalue weighted by Gasteiger charge is 2.16. The lowest BCUT2D eigenvalue weighted by Crippen LogP contribution is -2.14. The van der Waals surface area contributed by atoms with Crippen LogP contribution >= 0.6 is 23.1 Å². The van der Waals surface area contributed by atoms with Crippen LogP contribution < -0.4 is 5.32 Å².